The number of hydrogen-bond donors (Lipinski definition) is 2. The predicted molar refractivity (Wildman–Crippen MR) is 114 cm³/mol. The molecule has 144 valence electrons. The van der Waals surface area contributed by atoms with Crippen molar-refractivity contribution in [1.29, 1.82) is 0 Å². The van der Waals surface area contributed by atoms with Crippen molar-refractivity contribution >= 4 is 28.4 Å². The molecule has 0 bridgehead atoms. The third-order valence-corrected chi connectivity index (χ3v) is 4.46. The van der Waals surface area contributed by atoms with E-state index >= 15 is 0 Å². The minimum absolute atomic E-state index is 0.00851. The summed E-state index contributed by atoms with van der Waals surface area (Å²) in [5.41, 5.74) is 3.27. The van der Waals surface area contributed by atoms with E-state index in [0.717, 1.165) is 11.1 Å². The van der Waals surface area contributed by atoms with E-state index in [1.54, 1.807) is 6.07 Å². The fourth-order valence-corrected chi connectivity index (χ4v) is 2.97. The van der Waals surface area contributed by atoms with Crippen molar-refractivity contribution in [2.75, 3.05) is 10.6 Å². The lowest BCUT2D eigenvalue weighted by molar-refractivity contribution is -0.384. The molecule has 0 aliphatic rings. The Hall–Kier alpha value is -4.00. The number of fused-ring (bicyclic) bond motifs is 1. The van der Waals surface area contributed by atoms with Crippen molar-refractivity contribution in [2.24, 2.45) is 0 Å². The van der Waals surface area contributed by atoms with Crippen molar-refractivity contribution in [2.45, 2.75) is 13.1 Å². The van der Waals surface area contributed by atoms with Gasteiger partial charge in [-0.25, -0.2) is 9.97 Å². The first-order chi connectivity index (χ1) is 14.2. The molecule has 0 spiro atoms. The van der Waals surface area contributed by atoms with Gasteiger partial charge in [0, 0.05) is 25.2 Å². The molecule has 1 heterocycles. The molecule has 0 amide bonds. The molecule has 0 radical (unpaired) electrons. The van der Waals surface area contributed by atoms with Crippen LogP contribution in [0.5, 0.6) is 0 Å². The maximum atomic E-state index is 11.1. The van der Waals surface area contributed by atoms with Gasteiger partial charge in [0.05, 0.1) is 16.0 Å². The number of nitro benzene ring substituents is 1. The zero-order chi connectivity index (χ0) is 20.1. The normalized spacial score (nSPS) is 10.6. The molecule has 0 saturated carbocycles. The van der Waals surface area contributed by atoms with E-state index in [1.807, 2.05) is 60.7 Å². The Kier molecular flexibility index (Phi) is 5.29. The lowest BCUT2D eigenvalue weighted by Gasteiger charge is -2.13. The highest BCUT2D eigenvalue weighted by Crippen LogP contribution is 2.25. The molecule has 2 N–H and O–H groups in total. The van der Waals surface area contributed by atoms with Gasteiger partial charge in [0.2, 0.25) is 0 Å². The molecule has 7 heteroatoms. The number of hydrogen-bond acceptors (Lipinski definition) is 6. The van der Waals surface area contributed by atoms with Crippen LogP contribution in [0.15, 0.2) is 78.9 Å². The van der Waals surface area contributed by atoms with Gasteiger partial charge in [-0.1, -0.05) is 60.7 Å². The second-order valence-corrected chi connectivity index (χ2v) is 6.53. The van der Waals surface area contributed by atoms with Gasteiger partial charge in [-0.05, 0) is 17.2 Å². The van der Waals surface area contributed by atoms with Crippen molar-refractivity contribution in [3.8, 4) is 0 Å². The van der Waals surface area contributed by atoms with Crippen LogP contribution in [-0.2, 0) is 13.1 Å². The van der Waals surface area contributed by atoms with Gasteiger partial charge in [-0.2, -0.15) is 0 Å². The Morgan fingerprint density at radius 3 is 1.76 bits per heavy atom. The highest BCUT2D eigenvalue weighted by atomic mass is 16.6. The summed E-state index contributed by atoms with van der Waals surface area (Å²) in [4.78, 5) is 19.9. The van der Waals surface area contributed by atoms with Crippen molar-refractivity contribution in [1.82, 2.24) is 9.97 Å². The number of nitrogens with one attached hydrogen (secondary N) is 2. The first kappa shape index (κ1) is 18.4. The minimum atomic E-state index is -0.431. The molecule has 4 rings (SSSR count). The fourth-order valence-electron chi connectivity index (χ4n) is 2.97. The molecule has 0 atom stereocenters. The topological polar surface area (TPSA) is 93.0 Å². The minimum Gasteiger partial charge on any atom is -0.363 e. The molecular formula is C22H19N5O2. The van der Waals surface area contributed by atoms with Crippen molar-refractivity contribution < 1.29 is 4.92 Å². The SMILES string of the molecule is O=[N+]([O-])c1ccc2nc(NCc3ccccc3)c(NCc3ccccc3)nc2c1. The molecule has 0 aliphatic heterocycles. The second-order valence-electron chi connectivity index (χ2n) is 6.53. The fraction of sp³-hybridized carbons (Fsp3) is 0.0909. The highest BCUT2D eigenvalue weighted by Gasteiger charge is 2.13. The summed E-state index contributed by atoms with van der Waals surface area (Å²) in [5.74, 6) is 1.16. The number of non-ortho nitro benzene ring substituents is 1. The molecule has 4 aromatic rings. The smallest absolute Gasteiger partial charge is 0.271 e. The van der Waals surface area contributed by atoms with E-state index < -0.39 is 4.92 Å². The standard InChI is InChI=1S/C22H19N5O2/c28-27(29)18-11-12-19-20(13-18)26-22(24-15-17-9-5-2-6-10-17)21(25-19)23-14-16-7-3-1-4-8-16/h1-13H,14-15H2,(H,23,25)(H,24,26). The van der Waals surface area contributed by atoms with Gasteiger partial charge in [0.25, 0.3) is 5.69 Å². The summed E-state index contributed by atoms with van der Waals surface area (Å²) < 4.78 is 0. The molecule has 0 fully saturated rings. The zero-order valence-corrected chi connectivity index (χ0v) is 15.6. The van der Waals surface area contributed by atoms with Crippen LogP contribution in [0, 0.1) is 10.1 Å². The Morgan fingerprint density at radius 2 is 1.24 bits per heavy atom. The maximum Gasteiger partial charge on any atom is 0.271 e. The number of aromatic nitrogens is 2. The highest BCUT2D eigenvalue weighted by molar-refractivity contribution is 5.82. The second kappa shape index (κ2) is 8.35. The summed E-state index contributed by atoms with van der Waals surface area (Å²) in [6.07, 6.45) is 0. The Balaban J connectivity index is 1.66. The zero-order valence-electron chi connectivity index (χ0n) is 15.6. The van der Waals surface area contributed by atoms with Crippen LogP contribution in [0.25, 0.3) is 11.0 Å². The monoisotopic (exact) mass is 385 g/mol. The molecule has 0 unspecified atom stereocenters. The first-order valence-corrected chi connectivity index (χ1v) is 9.21. The quantitative estimate of drug-likeness (QED) is 0.352. The summed E-state index contributed by atoms with van der Waals surface area (Å²) >= 11 is 0. The van der Waals surface area contributed by atoms with Crippen LogP contribution in [0.4, 0.5) is 17.3 Å². The Morgan fingerprint density at radius 1 is 0.724 bits per heavy atom. The average Bonchev–Trinajstić information content (AvgIpc) is 2.77. The molecular weight excluding hydrogens is 366 g/mol. The van der Waals surface area contributed by atoms with E-state index in [-0.39, 0.29) is 5.69 Å². The van der Waals surface area contributed by atoms with Crippen LogP contribution in [-0.4, -0.2) is 14.9 Å². The van der Waals surface area contributed by atoms with E-state index in [2.05, 4.69) is 20.6 Å². The van der Waals surface area contributed by atoms with Crippen LogP contribution in [0.3, 0.4) is 0 Å². The maximum absolute atomic E-state index is 11.1. The number of rotatable bonds is 7. The third-order valence-electron chi connectivity index (χ3n) is 4.46. The largest absolute Gasteiger partial charge is 0.363 e. The van der Waals surface area contributed by atoms with Crippen LogP contribution >= 0.6 is 0 Å². The van der Waals surface area contributed by atoms with Crippen molar-refractivity contribution in [3.05, 3.63) is 100 Å². The predicted octanol–water partition coefficient (Wildman–Crippen LogP) is 4.76. The summed E-state index contributed by atoms with van der Waals surface area (Å²) in [7, 11) is 0. The van der Waals surface area contributed by atoms with Crippen LogP contribution in [0.2, 0.25) is 0 Å². The Labute approximate surface area is 167 Å². The molecule has 1 aromatic heterocycles. The summed E-state index contributed by atoms with van der Waals surface area (Å²) in [5, 5.41) is 17.7. The lowest BCUT2D eigenvalue weighted by atomic mass is 10.2. The van der Waals surface area contributed by atoms with Gasteiger partial charge in [0.15, 0.2) is 11.6 Å². The molecule has 0 saturated heterocycles. The third kappa shape index (κ3) is 4.47. The van der Waals surface area contributed by atoms with Crippen molar-refractivity contribution in [3.63, 3.8) is 0 Å². The van der Waals surface area contributed by atoms with Gasteiger partial charge >= 0.3 is 0 Å². The number of nitro groups is 1. The first-order valence-electron chi connectivity index (χ1n) is 9.21. The van der Waals surface area contributed by atoms with E-state index in [1.165, 1.54) is 12.1 Å². The number of benzene rings is 3. The molecule has 29 heavy (non-hydrogen) atoms. The molecule has 0 aliphatic carbocycles. The summed E-state index contributed by atoms with van der Waals surface area (Å²) in [6, 6.07) is 24.4. The summed E-state index contributed by atoms with van der Waals surface area (Å²) in [6.45, 7) is 1.16. The number of nitrogens with zero attached hydrogens (tertiary/aromatic N) is 3. The number of anilines is 2. The van der Waals surface area contributed by atoms with E-state index in [9.17, 15) is 10.1 Å². The average molecular weight is 385 g/mol. The van der Waals surface area contributed by atoms with Gasteiger partial charge in [-0.15, -0.1) is 0 Å². The lowest BCUT2D eigenvalue weighted by Crippen LogP contribution is -2.09. The molecule has 7 nitrogen and oxygen atoms in total. The van der Waals surface area contributed by atoms with Gasteiger partial charge < -0.3 is 10.6 Å². The van der Waals surface area contributed by atoms with Gasteiger partial charge in [-0.3, -0.25) is 10.1 Å². The molecule has 3 aromatic carbocycles. The van der Waals surface area contributed by atoms with Crippen LogP contribution in [0.1, 0.15) is 11.1 Å². The van der Waals surface area contributed by atoms with Crippen LogP contribution < -0.4 is 10.6 Å². The van der Waals surface area contributed by atoms with E-state index in [4.69, 9.17) is 0 Å². The van der Waals surface area contributed by atoms with E-state index in [0.29, 0.717) is 35.8 Å². The van der Waals surface area contributed by atoms with Gasteiger partial charge in [0.1, 0.15) is 0 Å². The Bertz CT molecular complexity index is 1130.